The zero-order chi connectivity index (χ0) is 25.1. The molecule has 0 aliphatic rings. The van der Waals surface area contributed by atoms with Gasteiger partial charge in [0.2, 0.25) is 0 Å². The van der Waals surface area contributed by atoms with Crippen molar-refractivity contribution >= 4 is 115 Å². The molecule has 9 nitrogen and oxygen atoms in total. The summed E-state index contributed by atoms with van der Waals surface area (Å²) in [4.78, 5) is -0.933. The van der Waals surface area contributed by atoms with E-state index in [-0.39, 0.29) is 14.7 Å². The van der Waals surface area contributed by atoms with E-state index in [4.69, 9.17) is 8.93 Å². The minimum atomic E-state index is -5.04. The normalized spacial score (nSPS) is 12.4. The van der Waals surface area contributed by atoms with Crippen LogP contribution in [0.4, 0.5) is 0 Å². The molecule has 3 rings (SSSR count). The molecule has 3 aromatic carbocycles. The van der Waals surface area contributed by atoms with Crippen LogP contribution in [-0.2, 0) is 39.3 Å². The monoisotopic (exact) mass is 918 g/mol. The van der Waals surface area contributed by atoms with Crippen molar-refractivity contribution in [2.24, 2.45) is 0 Å². The molecule has 0 unspecified atom stereocenters. The van der Waals surface area contributed by atoms with E-state index in [2.05, 4.69) is 0 Å². The summed E-state index contributed by atoms with van der Waals surface area (Å²) < 4.78 is 93.7. The molecule has 0 bridgehead atoms. The van der Waals surface area contributed by atoms with Gasteiger partial charge in [-0.15, -0.1) is 0 Å². The topological polar surface area (TPSA) is 130 Å². The Kier molecular flexibility index (Phi) is 9.93. The Balaban J connectivity index is 1.97. The number of halogens is 3. The Bertz CT molecular complexity index is 1290. The molecule has 0 amide bonds. The molecule has 0 fully saturated rings. The Morgan fingerprint density at radius 3 is 0.853 bits per heavy atom. The molecular formula is C18H12GaI3O9S3. The minimum absolute atomic E-state index is 0.311. The van der Waals surface area contributed by atoms with Gasteiger partial charge in [-0.1, -0.05) is 0 Å². The maximum atomic E-state index is 12.8. The van der Waals surface area contributed by atoms with Crippen molar-refractivity contribution < 1.29 is 34.2 Å². The van der Waals surface area contributed by atoms with Crippen molar-refractivity contribution in [3.63, 3.8) is 0 Å². The Hall–Kier alpha value is 0.216. The molecule has 16 heteroatoms. The van der Waals surface area contributed by atoms with Gasteiger partial charge in [-0.25, -0.2) is 0 Å². The van der Waals surface area contributed by atoms with E-state index in [9.17, 15) is 25.3 Å². The second-order valence-corrected chi connectivity index (χ2v) is 19.6. The van der Waals surface area contributed by atoms with Gasteiger partial charge in [-0.3, -0.25) is 0 Å². The molecule has 0 aliphatic carbocycles. The van der Waals surface area contributed by atoms with E-state index < -0.39 is 47.7 Å². The molecule has 0 spiro atoms. The number of hydrogen-bond acceptors (Lipinski definition) is 9. The number of hydrogen-bond donors (Lipinski definition) is 0. The van der Waals surface area contributed by atoms with Gasteiger partial charge in [0, 0.05) is 0 Å². The fourth-order valence-electron chi connectivity index (χ4n) is 2.33. The van der Waals surface area contributed by atoms with Crippen molar-refractivity contribution in [1.29, 1.82) is 0 Å². The summed E-state index contributed by atoms with van der Waals surface area (Å²) >= 11 is 0.871. The molecule has 0 aliphatic heterocycles. The van der Waals surface area contributed by atoms with Crippen LogP contribution in [0.3, 0.4) is 0 Å². The molecule has 3 aromatic rings. The zero-order valence-corrected chi connectivity index (χ0v) is 27.9. The van der Waals surface area contributed by atoms with Gasteiger partial charge >= 0.3 is 248 Å². The third-order valence-electron chi connectivity index (χ3n) is 3.92. The molecule has 0 heterocycles. The predicted molar refractivity (Wildman–Crippen MR) is 148 cm³/mol. The number of benzene rings is 3. The first-order valence-corrected chi connectivity index (χ1v) is 19.3. The van der Waals surface area contributed by atoms with Crippen molar-refractivity contribution in [2.75, 3.05) is 0 Å². The molecule has 34 heavy (non-hydrogen) atoms. The van der Waals surface area contributed by atoms with Crippen molar-refractivity contribution in [3.05, 3.63) is 83.5 Å². The van der Waals surface area contributed by atoms with Crippen LogP contribution in [0, 0.1) is 10.7 Å². The van der Waals surface area contributed by atoms with Gasteiger partial charge in [0.1, 0.15) is 0 Å². The summed E-state index contributed by atoms with van der Waals surface area (Å²) in [5, 5.41) is 0. The summed E-state index contributed by atoms with van der Waals surface area (Å²) in [6.07, 6.45) is 0. The third-order valence-corrected chi connectivity index (χ3v) is 17.6. The van der Waals surface area contributed by atoms with Gasteiger partial charge < -0.3 is 0 Å². The SMILES string of the molecule is O=S(=O)([O][Ga]([O]S(=O)(=O)c1ccc(I)cc1)[O]S(=O)(=O)c1ccc(I)cc1)c1ccc(I)cc1. The number of rotatable bonds is 9. The molecular weight excluding hydrogens is 907 g/mol. The van der Waals surface area contributed by atoms with Crippen LogP contribution in [-0.4, -0.2) is 42.6 Å². The average Bonchev–Trinajstić information content (AvgIpc) is 2.73. The molecule has 0 atom stereocenters. The van der Waals surface area contributed by atoms with Crippen molar-refractivity contribution in [3.8, 4) is 0 Å². The Labute approximate surface area is 244 Å². The first kappa shape index (κ1) is 28.8. The molecule has 0 aromatic heterocycles. The standard InChI is InChI=1S/3C6H5IO3S.Ga/c3*7-5-1-3-6(4-2-5)11(8,9)10;/h3*1-4H,(H,8,9,10);/q;;;+3/p-3. The van der Waals surface area contributed by atoms with Crippen LogP contribution in [0.5, 0.6) is 0 Å². The predicted octanol–water partition coefficient (Wildman–Crippen LogP) is 4.00. The van der Waals surface area contributed by atoms with Gasteiger partial charge in [-0.05, 0) is 0 Å². The van der Waals surface area contributed by atoms with E-state index in [1.54, 1.807) is 0 Å². The van der Waals surface area contributed by atoms with Gasteiger partial charge in [0.15, 0.2) is 0 Å². The van der Waals surface area contributed by atoms with Gasteiger partial charge in [-0.2, -0.15) is 0 Å². The van der Waals surface area contributed by atoms with E-state index in [0.29, 0.717) is 0 Å². The molecule has 0 radical (unpaired) electrons. The summed E-state index contributed by atoms with van der Waals surface area (Å²) in [5.74, 6) is 0. The van der Waals surface area contributed by atoms with Crippen LogP contribution in [0.1, 0.15) is 0 Å². The fourth-order valence-corrected chi connectivity index (χ4v) is 14.0. The second-order valence-electron chi connectivity index (χ2n) is 6.30. The molecule has 180 valence electrons. The first-order valence-electron chi connectivity index (χ1n) is 8.85. The summed E-state index contributed by atoms with van der Waals surface area (Å²) in [6.45, 7) is 0. The zero-order valence-electron chi connectivity index (χ0n) is 16.5. The van der Waals surface area contributed by atoms with E-state index in [0.717, 1.165) is 10.7 Å². The van der Waals surface area contributed by atoms with Crippen molar-refractivity contribution in [2.45, 2.75) is 14.7 Å². The van der Waals surface area contributed by atoms with Crippen LogP contribution in [0.15, 0.2) is 87.5 Å². The Morgan fingerprint density at radius 1 is 0.441 bits per heavy atom. The van der Waals surface area contributed by atoms with E-state index in [1.165, 1.54) is 72.8 Å². The fraction of sp³-hybridized carbons (Fsp3) is 0. The van der Waals surface area contributed by atoms with Crippen LogP contribution in [0.2, 0.25) is 0 Å². The quantitative estimate of drug-likeness (QED) is 0.231. The van der Waals surface area contributed by atoms with E-state index >= 15 is 0 Å². The van der Waals surface area contributed by atoms with Crippen molar-refractivity contribution in [1.82, 2.24) is 0 Å². The maximum absolute atomic E-state index is 12.8. The summed E-state index contributed by atoms with van der Waals surface area (Å²) in [5.41, 5.74) is 0. The molecule has 0 saturated heterocycles. The third kappa shape index (κ3) is 7.86. The molecule has 0 N–H and O–H groups in total. The van der Waals surface area contributed by atoms with Gasteiger partial charge in [0.25, 0.3) is 0 Å². The Morgan fingerprint density at radius 2 is 0.647 bits per heavy atom. The average molecular weight is 919 g/mol. The second kappa shape index (κ2) is 11.7. The van der Waals surface area contributed by atoms with Crippen LogP contribution in [0.25, 0.3) is 0 Å². The van der Waals surface area contributed by atoms with Crippen LogP contribution < -0.4 is 0 Å². The van der Waals surface area contributed by atoms with E-state index in [1.807, 2.05) is 67.8 Å². The molecule has 0 saturated carbocycles. The first-order chi connectivity index (χ1) is 15.8. The summed E-state index contributed by atoms with van der Waals surface area (Å²) in [6, 6.07) is 16.4. The summed E-state index contributed by atoms with van der Waals surface area (Å²) in [7, 11) is -13.8. The van der Waals surface area contributed by atoms with Gasteiger partial charge in [0.05, 0.1) is 0 Å². The van der Waals surface area contributed by atoms with Crippen LogP contribution >= 0.6 is 67.8 Å².